The monoisotopic (exact) mass is 379 g/mol. The SMILES string of the molecule is O=C(O)c1cc(-c2ccc(C(=O)N3CCCC3)cc2)ccc1OC(F)(F)F. The number of carboxylic acids is 1. The topological polar surface area (TPSA) is 66.8 Å². The van der Waals surface area contributed by atoms with Gasteiger partial charge in [-0.25, -0.2) is 4.79 Å². The van der Waals surface area contributed by atoms with E-state index >= 15 is 0 Å². The van der Waals surface area contributed by atoms with E-state index in [-0.39, 0.29) is 5.91 Å². The van der Waals surface area contributed by atoms with Crippen molar-refractivity contribution in [2.24, 2.45) is 0 Å². The molecular formula is C19H16F3NO4. The van der Waals surface area contributed by atoms with Crippen LogP contribution in [-0.4, -0.2) is 41.3 Å². The van der Waals surface area contributed by atoms with E-state index in [2.05, 4.69) is 4.74 Å². The average molecular weight is 379 g/mol. The molecule has 8 heteroatoms. The standard InChI is InChI=1S/C19H16F3NO4/c20-19(21,22)27-16-8-7-14(11-15(16)18(25)26)12-3-5-13(6-4-12)17(24)23-9-1-2-10-23/h3-8,11H,1-2,9-10H2,(H,25,26). The summed E-state index contributed by atoms with van der Waals surface area (Å²) in [6.45, 7) is 1.45. The molecule has 0 radical (unpaired) electrons. The van der Waals surface area contributed by atoms with Gasteiger partial charge in [0.25, 0.3) is 5.91 Å². The Labute approximate surface area is 153 Å². The maximum Gasteiger partial charge on any atom is 0.573 e. The number of ether oxygens (including phenoxy) is 1. The molecule has 0 atom stereocenters. The lowest BCUT2D eigenvalue weighted by molar-refractivity contribution is -0.274. The minimum Gasteiger partial charge on any atom is -0.478 e. The lowest BCUT2D eigenvalue weighted by atomic mass is 10.0. The molecule has 2 aromatic rings. The zero-order chi connectivity index (χ0) is 19.6. The van der Waals surface area contributed by atoms with Gasteiger partial charge in [-0.05, 0) is 48.2 Å². The van der Waals surface area contributed by atoms with Gasteiger partial charge in [-0.1, -0.05) is 18.2 Å². The summed E-state index contributed by atoms with van der Waals surface area (Å²) in [5.41, 5.74) is 0.898. The molecule has 1 saturated heterocycles. The minimum absolute atomic E-state index is 0.0702. The number of aromatic carboxylic acids is 1. The minimum atomic E-state index is -4.98. The van der Waals surface area contributed by atoms with Crippen LogP contribution in [0.15, 0.2) is 42.5 Å². The van der Waals surface area contributed by atoms with E-state index in [9.17, 15) is 27.9 Å². The molecule has 0 aliphatic carbocycles. The largest absolute Gasteiger partial charge is 0.573 e. The highest BCUT2D eigenvalue weighted by molar-refractivity contribution is 5.95. The number of amides is 1. The van der Waals surface area contributed by atoms with E-state index in [1.165, 1.54) is 6.07 Å². The van der Waals surface area contributed by atoms with E-state index in [0.29, 0.717) is 16.7 Å². The first-order valence-electron chi connectivity index (χ1n) is 8.27. The van der Waals surface area contributed by atoms with Crippen LogP contribution in [0.3, 0.4) is 0 Å². The molecule has 2 aromatic carbocycles. The molecule has 27 heavy (non-hydrogen) atoms. The molecule has 0 aromatic heterocycles. The normalized spacial score (nSPS) is 14.3. The predicted molar refractivity (Wildman–Crippen MR) is 90.7 cm³/mol. The van der Waals surface area contributed by atoms with Crippen molar-refractivity contribution in [2.75, 3.05) is 13.1 Å². The molecule has 1 N–H and O–H groups in total. The van der Waals surface area contributed by atoms with Crippen molar-refractivity contribution in [1.29, 1.82) is 0 Å². The molecule has 5 nitrogen and oxygen atoms in total. The summed E-state index contributed by atoms with van der Waals surface area (Å²) in [6, 6.07) is 9.93. The zero-order valence-electron chi connectivity index (χ0n) is 14.1. The molecule has 0 bridgehead atoms. The van der Waals surface area contributed by atoms with Crippen LogP contribution in [0.25, 0.3) is 11.1 Å². The van der Waals surface area contributed by atoms with Gasteiger partial charge < -0.3 is 14.7 Å². The van der Waals surface area contributed by atoms with Crippen molar-refractivity contribution in [1.82, 2.24) is 4.90 Å². The van der Waals surface area contributed by atoms with Gasteiger partial charge in [0, 0.05) is 18.7 Å². The quantitative estimate of drug-likeness (QED) is 0.865. The van der Waals surface area contributed by atoms with Crippen molar-refractivity contribution in [3.8, 4) is 16.9 Å². The Balaban J connectivity index is 1.86. The number of hydrogen-bond donors (Lipinski definition) is 1. The smallest absolute Gasteiger partial charge is 0.478 e. The van der Waals surface area contributed by atoms with Crippen LogP contribution in [0.1, 0.15) is 33.6 Å². The molecule has 1 aliphatic heterocycles. The van der Waals surface area contributed by atoms with Gasteiger partial charge in [0.2, 0.25) is 0 Å². The second-order valence-corrected chi connectivity index (χ2v) is 6.14. The zero-order valence-corrected chi connectivity index (χ0v) is 14.1. The maximum absolute atomic E-state index is 12.4. The summed E-state index contributed by atoms with van der Waals surface area (Å²) in [7, 11) is 0. The van der Waals surface area contributed by atoms with Crippen LogP contribution in [0.2, 0.25) is 0 Å². The van der Waals surface area contributed by atoms with Gasteiger partial charge >= 0.3 is 12.3 Å². The van der Waals surface area contributed by atoms with Gasteiger partial charge in [0.1, 0.15) is 11.3 Å². The second kappa shape index (κ2) is 7.30. The third kappa shape index (κ3) is 4.39. The Bertz CT molecular complexity index is 856. The van der Waals surface area contributed by atoms with Crippen molar-refractivity contribution in [3.63, 3.8) is 0 Å². The fourth-order valence-electron chi connectivity index (χ4n) is 3.00. The molecule has 1 fully saturated rings. The first kappa shape index (κ1) is 18.8. The molecule has 0 saturated carbocycles. The maximum atomic E-state index is 12.4. The molecule has 1 aliphatic rings. The molecule has 0 spiro atoms. The molecule has 0 unspecified atom stereocenters. The lowest BCUT2D eigenvalue weighted by Crippen LogP contribution is -2.27. The highest BCUT2D eigenvalue weighted by atomic mass is 19.4. The third-order valence-corrected chi connectivity index (χ3v) is 4.29. The van der Waals surface area contributed by atoms with Gasteiger partial charge in [0.15, 0.2) is 0 Å². The van der Waals surface area contributed by atoms with Crippen LogP contribution >= 0.6 is 0 Å². The number of halogens is 3. The fraction of sp³-hybridized carbons (Fsp3) is 0.263. The number of nitrogens with zero attached hydrogens (tertiary/aromatic N) is 1. The molecule has 1 amide bonds. The van der Waals surface area contributed by atoms with Crippen molar-refractivity contribution in [2.45, 2.75) is 19.2 Å². The van der Waals surface area contributed by atoms with Crippen molar-refractivity contribution in [3.05, 3.63) is 53.6 Å². The van der Waals surface area contributed by atoms with Crippen LogP contribution in [0.4, 0.5) is 13.2 Å². The van der Waals surface area contributed by atoms with Crippen LogP contribution < -0.4 is 4.74 Å². The summed E-state index contributed by atoms with van der Waals surface area (Å²) < 4.78 is 41.0. The third-order valence-electron chi connectivity index (χ3n) is 4.29. The van der Waals surface area contributed by atoms with Gasteiger partial charge in [-0.15, -0.1) is 13.2 Å². The van der Waals surface area contributed by atoms with Gasteiger partial charge in [0.05, 0.1) is 0 Å². The Kier molecular flexibility index (Phi) is 5.07. The van der Waals surface area contributed by atoms with Crippen LogP contribution in [0, 0.1) is 0 Å². The highest BCUT2D eigenvalue weighted by Crippen LogP contribution is 2.31. The number of alkyl halides is 3. The number of likely N-dealkylation sites (tertiary alicyclic amines) is 1. The average Bonchev–Trinajstić information content (AvgIpc) is 3.15. The van der Waals surface area contributed by atoms with Crippen molar-refractivity contribution >= 4 is 11.9 Å². The van der Waals surface area contributed by atoms with E-state index in [1.54, 1.807) is 29.2 Å². The lowest BCUT2D eigenvalue weighted by Gasteiger charge is -2.15. The number of carboxylic acid groups (broad SMARTS) is 1. The molecule has 3 rings (SSSR count). The number of benzene rings is 2. The van der Waals surface area contributed by atoms with E-state index in [0.717, 1.165) is 38.1 Å². The molecule has 1 heterocycles. The summed E-state index contributed by atoms with van der Waals surface area (Å²) in [5, 5.41) is 9.17. The van der Waals surface area contributed by atoms with E-state index < -0.39 is 23.6 Å². The second-order valence-electron chi connectivity index (χ2n) is 6.14. The first-order valence-corrected chi connectivity index (χ1v) is 8.27. The van der Waals surface area contributed by atoms with Crippen LogP contribution in [-0.2, 0) is 0 Å². The van der Waals surface area contributed by atoms with E-state index in [1.807, 2.05) is 0 Å². The first-order chi connectivity index (χ1) is 12.7. The predicted octanol–water partition coefficient (Wildman–Crippen LogP) is 4.19. The Morgan fingerprint density at radius 2 is 1.56 bits per heavy atom. The number of carbonyl (C=O) groups is 2. The number of carbonyl (C=O) groups excluding carboxylic acids is 1. The van der Waals surface area contributed by atoms with Crippen LogP contribution in [0.5, 0.6) is 5.75 Å². The molecular weight excluding hydrogens is 363 g/mol. The summed E-state index contributed by atoms with van der Waals surface area (Å²) in [4.78, 5) is 25.4. The summed E-state index contributed by atoms with van der Waals surface area (Å²) >= 11 is 0. The number of hydrogen-bond acceptors (Lipinski definition) is 3. The fourth-order valence-corrected chi connectivity index (χ4v) is 3.00. The molecule has 142 valence electrons. The Morgan fingerprint density at radius 3 is 2.11 bits per heavy atom. The number of rotatable bonds is 4. The van der Waals surface area contributed by atoms with Crippen molar-refractivity contribution < 1.29 is 32.6 Å². The van der Waals surface area contributed by atoms with E-state index in [4.69, 9.17) is 0 Å². The Hall–Kier alpha value is -3.03. The summed E-state index contributed by atoms with van der Waals surface area (Å²) in [6.07, 6.45) is -3.02. The summed E-state index contributed by atoms with van der Waals surface area (Å²) in [5.74, 6) is -2.38. The van der Waals surface area contributed by atoms with Gasteiger partial charge in [-0.2, -0.15) is 0 Å². The van der Waals surface area contributed by atoms with Gasteiger partial charge in [-0.3, -0.25) is 4.79 Å². The highest BCUT2D eigenvalue weighted by Gasteiger charge is 2.33. The Morgan fingerprint density at radius 1 is 0.963 bits per heavy atom.